The molecule has 1 fully saturated rings. The zero-order valence-electron chi connectivity index (χ0n) is 9.98. The van der Waals surface area contributed by atoms with Crippen molar-refractivity contribution < 1.29 is 14.3 Å². The Balaban J connectivity index is 1.86. The van der Waals surface area contributed by atoms with E-state index in [1.807, 2.05) is 0 Å². The van der Waals surface area contributed by atoms with Crippen LogP contribution in [0.5, 0.6) is 0 Å². The minimum atomic E-state index is -1.03. The number of rotatable bonds is 5. The van der Waals surface area contributed by atoms with Crippen molar-refractivity contribution >= 4 is 11.9 Å². The number of nitrogens with one attached hydrogen (secondary N) is 1. The van der Waals surface area contributed by atoms with Gasteiger partial charge in [-0.15, -0.1) is 0 Å². The molecule has 2 N–H and O–H groups in total. The van der Waals surface area contributed by atoms with Crippen molar-refractivity contribution in [3.05, 3.63) is 17.9 Å². The Morgan fingerprint density at radius 3 is 3.12 bits per heavy atom. The van der Waals surface area contributed by atoms with Gasteiger partial charge in [0.1, 0.15) is 0 Å². The van der Waals surface area contributed by atoms with Gasteiger partial charge in [0.2, 0.25) is 5.76 Å². The number of furan rings is 1. The molecule has 1 unspecified atom stereocenters. The van der Waals surface area contributed by atoms with Crippen molar-refractivity contribution in [1.82, 2.24) is 4.90 Å². The standard InChI is InChI=1S/C12H18N2O3/c1-2-14-7-3-4-9(14)8-13-11-6-5-10(17-11)12(15)16/h5-6,9,13H,2-4,7-8H2,1H3,(H,15,16). The Labute approximate surface area is 100 Å². The van der Waals surface area contributed by atoms with Gasteiger partial charge in [0.05, 0.1) is 0 Å². The summed E-state index contributed by atoms with van der Waals surface area (Å²) in [5.41, 5.74) is 0. The van der Waals surface area contributed by atoms with Crippen LogP contribution in [0.3, 0.4) is 0 Å². The lowest BCUT2D eigenvalue weighted by Crippen LogP contribution is -2.34. The van der Waals surface area contributed by atoms with Gasteiger partial charge in [-0.05, 0) is 32.0 Å². The number of carboxylic acids is 1. The number of hydrogen-bond donors (Lipinski definition) is 2. The molecule has 0 spiro atoms. The first-order valence-corrected chi connectivity index (χ1v) is 6.01. The van der Waals surface area contributed by atoms with Crippen LogP contribution in [0.15, 0.2) is 16.5 Å². The van der Waals surface area contributed by atoms with Gasteiger partial charge in [0.15, 0.2) is 5.88 Å². The lowest BCUT2D eigenvalue weighted by atomic mass is 10.2. The first kappa shape index (κ1) is 12.0. The van der Waals surface area contributed by atoms with E-state index in [0.717, 1.165) is 19.6 Å². The van der Waals surface area contributed by atoms with E-state index in [9.17, 15) is 4.79 Å². The maximum absolute atomic E-state index is 10.6. The fourth-order valence-electron chi connectivity index (χ4n) is 2.31. The van der Waals surface area contributed by atoms with Gasteiger partial charge in [0.25, 0.3) is 0 Å². The quantitative estimate of drug-likeness (QED) is 0.819. The number of aromatic carboxylic acids is 1. The summed E-state index contributed by atoms with van der Waals surface area (Å²) in [6.45, 7) is 5.18. The van der Waals surface area contributed by atoms with Crippen LogP contribution in [0.4, 0.5) is 5.88 Å². The number of likely N-dealkylation sites (tertiary alicyclic amines) is 1. The highest BCUT2D eigenvalue weighted by Crippen LogP contribution is 2.18. The van der Waals surface area contributed by atoms with Crippen LogP contribution in [0, 0.1) is 0 Å². The minimum absolute atomic E-state index is 0.0220. The molecule has 1 aromatic rings. The summed E-state index contributed by atoms with van der Waals surface area (Å²) < 4.78 is 5.14. The zero-order chi connectivity index (χ0) is 12.3. The number of carboxylic acid groups (broad SMARTS) is 1. The van der Waals surface area contributed by atoms with Crippen LogP contribution < -0.4 is 5.32 Å². The van der Waals surface area contributed by atoms with Gasteiger partial charge < -0.3 is 14.8 Å². The first-order chi connectivity index (χ1) is 8.20. The fraction of sp³-hybridized carbons (Fsp3) is 0.583. The Morgan fingerprint density at radius 1 is 1.65 bits per heavy atom. The monoisotopic (exact) mass is 238 g/mol. The van der Waals surface area contributed by atoms with Crippen molar-refractivity contribution in [2.45, 2.75) is 25.8 Å². The summed E-state index contributed by atoms with van der Waals surface area (Å²) in [5.74, 6) is -0.522. The van der Waals surface area contributed by atoms with Crippen molar-refractivity contribution in [2.24, 2.45) is 0 Å². The summed E-state index contributed by atoms with van der Waals surface area (Å²) in [7, 11) is 0. The van der Waals surface area contributed by atoms with Crippen molar-refractivity contribution in [2.75, 3.05) is 25.0 Å². The average molecular weight is 238 g/mol. The molecule has 2 heterocycles. The predicted molar refractivity (Wildman–Crippen MR) is 64.4 cm³/mol. The number of likely N-dealkylation sites (N-methyl/N-ethyl adjacent to an activating group) is 1. The average Bonchev–Trinajstić information content (AvgIpc) is 2.95. The number of nitrogens with zero attached hydrogens (tertiary/aromatic N) is 1. The minimum Gasteiger partial charge on any atom is -0.475 e. The normalized spacial score (nSPS) is 20.6. The summed E-state index contributed by atoms with van der Waals surface area (Å²) >= 11 is 0. The molecule has 1 aliphatic rings. The summed E-state index contributed by atoms with van der Waals surface area (Å²) in [6, 6.07) is 3.66. The lowest BCUT2D eigenvalue weighted by Gasteiger charge is -2.22. The van der Waals surface area contributed by atoms with Gasteiger partial charge in [-0.25, -0.2) is 4.79 Å². The van der Waals surface area contributed by atoms with Gasteiger partial charge in [-0.2, -0.15) is 0 Å². The van der Waals surface area contributed by atoms with Gasteiger partial charge in [0, 0.05) is 18.7 Å². The van der Waals surface area contributed by atoms with E-state index in [1.54, 1.807) is 6.07 Å². The SMILES string of the molecule is CCN1CCCC1CNc1ccc(C(=O)O)o1. The molecule has 2 rings (SSSR count). The molecule has 0 bridgehead atoms. The third kappa shape index (κ3) is 2.79. The van der Waals surface area contributed by atoms with E-state index in [0.29, 0.717) is 11.9 Å². The molecular weight excluding hydrogens is 220 g/mol. The van der Waals surface area contributed by atoms with Crippen LogP contribution in [-0.4, -0.2) is 41.7 Å². The maximum atomic E-state index is 10.6. The molecule has 1 aliphatic heterocycles. The molecule has 0 aliphatic carbocycles. The maximum Gasteiger partial charge on any atom is 0.371 e. The second-order valence-corrected chi connectivity index (χ2v) is 4.27. The van der Waals surface area contributed by atoms with Crippen LogP contribution in [0.25, 0.3) is 0 Å². The smallest absolute Gasteiger partial charge is 0.371 e. The fourth-order valence-corrected chi connectivity index (χ4v) is 2.31. The third-order valence-corrected chi connectivity index (χ3v) is 3.23. The van der Waals surface area contributed by atoms with E-state index in [-0.39, 0.29) is 5.76 Å². The third-order valence-electron chi connectivity index (χ3n) is 3.23. The molecule has 1 saturated heterocycles. The Bertz CT molecular complexity index is 389. The summed E-state index contributed by atoms with van der Waals surface area (Å²) in [4.78, 5) is 13.1. The van der Waals surface area contributed by atoms with Crippen LogP contribution in [-0.2, 0) is 0 Å². The molecule has 94 valence electrons. The molecule has 5 heteroatoms. The highest BCUT2D eigenvalue weighted by Gasteiger charge is 2.22. The second kappa shape index (κ2) is 5.23. The molecule has 17 heavy (non-hydrogen) atoms. The van der Waals surface area contributed by atoms with Crippen molar-refractivity contribution in [1.29, 1.82) is 0 Å². The van der Waals surface area contributed by atoms with E-state index in [4.69, 9.17) is 9.52 Å². The molecule has 1 atom stereocenters. The van der Waals surface area contributed by atoms with E-state index in [2.05, 4.69) is 17.1 Å². The molecule has 0 aromatic carbocycles. The predicted octanol–water partition coefficient (Wildman–Crippen LogP) is 1.87. The molecule has 1 aromatic heterocycles. The van der Waals surface area contributed by atoms with Crippen LogP contribution in [0.1, 0.15) is 30.3 Å². The molecule has 0 saturated carbocycles. The lowest BCUT2D eigenvalue weighted by molar-refractivity contribution is 0.0663. The molecule has 0 radical (unpaired) electrons. The Kier molecular flexibility index (Phi) is 3.68. The molecule has 0 amide bonds. The van der Waals surface area contributed by atoms with Crippen LogP contribution in [0.2, 0.25) is 0 Å². The van der Waals surface area contributed by atoms with Gasteiger partial charge >= 0.3 is 5.97 Å². The highest BCUT2D eigenvalue weighted by atomic mass is 16.4. The molecule has 5 nitrogen and oxygen atoms in total. The number of anilines is 1. The second-order valence-electron chi connectivity index (χ2n) is 4.27. The van der Waals surface area contributed by atoms with E-state index < -0.39 is 5.97 Å². The highest BCUT2D eigenvalue weighted by molar-refractivity contribution is 5.84. The van der Waals surface area contributed by atoms with Crippen LogP contribution >= 0.6 is 0 Å². The Hall–Kier alpha value is -1.49. The van der Waals surface area contributed by atoms with E-state index in [1.165, 1.54) is 18.9 Å². The molecular formula is C12H18N2O3. The van der Waals surface area contributed by atoms with Crippen molar-refractivity contribution in [3.63, 3.8) is 0 Å². The largest absolute Gasteiger partial charge is 0.475 e. The van der Waals surface area contributed by atoms with Crippen molar-refractivity contribution in [3.8, 4) is 0 Å². The number of hydrogen-bond acceptors (Lipinski definition) is 4. The van der Waals surface area contributed by atoms with Gasteiger partial charge in [-0.1, -0.05) is 6.92 Å². The first-order valence-electron chi connectivity index (χ1n) is 6.01. The summed E-state index contributed by atoms with van der Waals surface area (Å²) in [5, 5.41) is 11.9. The Morgan fingerprint density at radius 2 is 2.47 bits per heavy atom. The van der Waals surface area contributed by atoms with Gasteiger partial charge in [-0.3, -0.25) is 4.90 Å². The topological polar surface area (TPSA) is 65.7 Å². The number of carbonyl (C=O) groups is 1. The van der Waals surface area contributed by atoms with E-state index >= 15 is 0 Å². The zero-order valence-corrected chi connectivity index (χ0v) is 9.98. The summed E-state index contributed by atoms with van der Waals surface area (Å²) in [6.07, 6.45) is 2.42.